The average Bonchev–Trinajstić information content (AvgIpc) is 3.01. The zero-order chi connectivity index (χ0) is 17.6. The summed E-state index contributed by atoms with van der Waals surface area (Å²) in [6, 6.07) is 0. The van der Waals surface area contributed by atoms with Crippen molar-refractivity contribution < 1.29 is 4.79 Å². The molecule has 0 bridgehead atoms. The molecule has 0 aliphatic heterocycles. The largest absolute Gasteiger partial charge is 0.300 e. The van der Waals surface area contributed by atoms with Crippen LogP contribution in [0.2, 0.25) is 0 Å². The Morgan fingerprint density at radius 2 is 1.56 bits per heavy atom. The lowest BCUT2D eigenvalue weighted by atomic mass is 9.43. The third kappa shape index (κ3) is 2.10. The highest BCUT2D eigenvalue weighted by atomic mass is 16.1. The van der Waals surface area contributed by atoms with Crippen molar-refractivity contribution in [2.75, 3.05) is 0 Å². The molecule has 0 saturated heterocycles. The SMILES string of the molecule is CC(=O)C1CCC2C3CCC4C[C@@]5(CC[C@]4(C)C3CC[C@]12C)CC5C. The van der Waals surface area contributed by atoms with E-state index in [4.69, 9.17) is 0 Å². The number of hydrogen-bond donors (Lipinski definition) is 0. The van der Waals surface area contributed by atoms with Gasteiger partial charge in [0.1, 0.15) is 5.78 Å². The first kappa shape index (κ1) is 16.8. The summed E-state index contributed by atoms with van der Waals surface area (Å²) in [5, 5.41) is 0. The van der Waals surface area contributed by atoms with E-state index in [1.807, 2.05) is 6.92 Å². The Labute approximate surface area is 154 Å². The topological polar surface area (TPSA) is 17.1 Å². The lowest BCUT2D eigenvalue weighted by molar-refractivity contribution is -0.136. The van der Waals surface area contributed by atoms with Crippen LogP contribution in [0.5, 0.6) is 0 Å². The van der Waals surface area contributed by atoms with Gasteiger partial charge in [-0.2, -0.15) is 0 Å². The summed E-state index contributed by atoms with van der Waals surface area (Å²) >= 11 is 0. The molecule has 5 rings (SSSR count). The maximum Gasteiger partial charge on any atom is 0.133 e. The predicted octanol–water partition coefficient (Wildman–Crippen LogP) is 6.26. The van der Waals surface area contributed by atoms with Crippen molar-refractivity contribution in [2.24, 2.45) is 51.8 Å². The van der Waals surface area contributed by atoms with E-state index in [0.29, 0.717) is 22.5 Å². The fourth-order valence-electron chi connectivity index (χ4n) is 9.22. The van der Waals surface area contributed by atoms with E-state index in [0.717, 1.165) is 35.0 Å². The van der Waals surface area contributed by atoms with Crippen LogP contribution in [0.25, 0.3) is 0 Å². The first-order valence-electron chi connectivity index (χ1n) is 11.3. The Balaban J connectivity index is 1.41. The summed E-state index contributed by atoms with van der Waals surface area (Å²) in [6.07, 6.45) is 14.3. The Morgan fingerprint density at radius 3 is 2.24 bits per heavy atom. The minimum Gasteiger partial charge on any atom is -0.300 e. The molecular weight excluding hydrogens is 304 g/mol. The summed E-state index contributed by atoms with van der Waals surface area (Å²) in [5.74, 6) is 5.58. The highest BCUT2D eigenvalue weighted by molar-refractivity contribution is 5.79. The first-order valence-corrected chi connectivity index (χ1v) is 11.3. The second-order valence-corrected chi connectivity index (χ2v) is 11.6. The molecule has 0 aromatic rings. The van der Waals surface area contributed by atoms with Crippen LogP contribution < -0.4 is 0 Å². The molecule has 1 heteroatoms. The Bertz CT molecular complexity index is 595. The van der Waals surface area contributed by atoms with Crippen molar-refractivity contribution in [3.8, 4) is 0 Å². The molecule has 5 aliphatic rings. The molecule has 5 fully saturated rings. The number of rotatable bonds is 1. The van der Waals surface area contributed by atoms with E-state index in [1.165, 1.54) is 57.8 Å². The molecule has 140 valence electrons. The van der Waals surface area contributed by atoms with Crippen molar-refractivity contribution >= 4 is 5.78 Å². The Morgan fingerprint density at radius 1 is 0.840 bits per heavy atom. The molecular formula is C24H38O. The average molecular weight is 343 g/mol. The van der Waals surface area contributed by atoms with Crippen LogP contribution in [0.1, 0.15) is 91.9 Å². The van der Waals surface area contributed by atoms with Gasteiger partial charge in [0.25, 0.3) is 0 Å². The molecule has 0 aromatic carbocycles. The van der Waals surface area contributed by atoms with Gasteiger partial charge in [-0.1, -0.05) is 20.8 Å². The highest BCUT2D eigenvalue weighted by Crippen LogP contribution is 2.72. The maximum atomic E-state index is 12.3. The van der Waals surface area contributed by atoms with Crippen molar-refractivity contribution in [1.29, 1.82) is 0 Å². The minimum atomic E-state index is 0.330. The molecule has 0 N–H and O–H groups in total. The zero-order valence-electron chi connectivity index (χ0n) is 16.9. The molecule has 25 heavy (non-hydrogen) atoms. The molecule has 1 spiro atoms. The predicted molar refractivity (Wildman–Crippen MR) is 102 cm³/mol. The van der Waals surface area contributed by atoms with Crippen LogP contribution in [0.4, 0.5) is 0 Å². The van der Waals surface area contributed by atoms with Gasteiger partial charge in [0.05, 0.1) is 0 Å². The fourth-order valence-corrected chi connectivity index (χ4v) is 9.22. The second-order valence-electron chi connectivity index (χ2n) is 11.6. The van der Waals surface area contributed by atoms with Crippen LogP contribution in [-0.2, 0) is 4.79 Å². The van der Waals surface area contributed by atoms with Gasteiger partial charge < -0.3 is 0 Å². The molecule has 0 amide bonds. The summed E-state index contributed by atoms with van der Waals surface area (Å²) in [5.41, 5.74) is 1.72. The summed E-state index contributed by atoms with van der Waals surface area (Å²) in [7, 11) is 0. The van der Waals surface area contributed by atoms with Crippen molar-refractivity contribution in [3.63, 3.8) is 0 Å². The molecule has 1 nitrogen and oxygen atoms in total. The van der Waals surface area contributed by atoms with Crippen LogP contribution in [0, 0.1) is 51.8 Å². The normalized spacial score (nSPS) is 59.8. The van der Waals surface area contributed by atoms with Crippen LogP contribution >= 0.6 is 0 Å². The van der Waals surface area contributed by atoms with E-state index in [2.05, 4.69) is 20.8 Å². The third-order valence-corrected chi connectivity index (χ3v) is 11.0. The van der Waals surface area contributed by atoms with E-state index < -0.39 is 0 Å². The lowest BCUT2D eigenvalue weighted by Crippen LogP contribution is -2.54. The summed E-state index contributed by atoms with van der Waals surface area (Å²) in [6.45, 7) is 9.54. The molecule has 6 unspecified atom stereocenters. The number of ketones is 1. The molecule has 5 aliphatic carbocycles. The van der Waals surface area contributed by atoms with Crippen molar-refractivity contribution in [2.45, 2.75) is 91.9 Å². The third-order valence-electron chi connectivity index (χ3n) is 11.0. The number of fused-ring (bicyclic) bond motifs is 5. The zero-order valence-corrected chi connectivity index (χ0v) is 16.9. The first-order chi connectivity index (χ1) is 11.8. The highest BCUT2D eigenvalue weighted by Gasteiger charge is 2.64. The maximum absolute atomic E-state index is 12.3. The quantitative estimate of drug-likeness (QED) is 0.549. The molecule has 0 radical (unpaired) electrons. The van der Waals surface area contributed by atoms with E-state index in [9.17, 15) is 4.79 Å². The summed E-state index contributed by atoms with van der Waals surface area (Å²) in [4.78, 5) is 12.3. The van der Waals surface area contributed by atoms with Gasteiger partial charge in [0.15, 0.2) is 0 Å². The van der Waals surface area contributed by atoms with Gasteiger partial charge in [-0.3, -0.25) is 4.79 Å². The van der Waals surface area contributed by atoms with Crippen LogP contribution in [-0.4, -0.2) is 5.78 Å². The van der Waals surface area contributed by atoms with E-state index in [1.54, 1.807) is 6.42 Å². The smallest absolute Gasteiger partial charge is 0.133 e. The fraction of sp³-hybridized carbons (Fsp3) is 0.958. The van der Waals surface area contributed by atoms with Gasteiger partial charge in [0.2, 0.25) is 0 Å². The Kier molecular flexibility index (Phi) is 3.45. The van der Waals surface area contributed by atoms with Crippen molar-refractivity contribution in [3.05, 3.63) is 0 Å². The number of hydrogen-bond acceptors (Lipinski definition) is 1. The lowest BCUT2D eigenvalue weighted by Gasteiger charge is -2.61. The van der Waals surface area contributed by atoms with Gasteiger partial charge in [-0.05, 0) is 117 Å². The van der Waals surface area contributed by atoms with E-state index in [-0.39, 0.29) is 0 Å². The summed E-state index contributed by atoms with van der Waals surface area (Å²) < 4.78 is 0. The second kappa shape index (κ2) is 5.14. The van der Waals surface area contributed by atoms with Gasteiger partial charge in [-0.25, -0.2) is 0 Å². The monoisotopic (exact) mass is 342 g/mol. The molecule has 5 saturated carbocycles. The molecule has 0 aromatic heterocycles. The Hall–Kier alpha value is -0.330. The van der Waals surface area contributed by atoms with Gasteiger partial charge in [0, 0.05) is 5.92 Å². The standard InChI is InChI=1S/C24H38O/c1-15-13-24(15)12-11-22(3)17(14-24)5-6-18-20-8-7-19(16(2)25)23(20,4)10-9-21(18)22/h15,17-21H,5-14H2,1-4H3/t15?,17?,18?,19?,20?,21?,22-,23+,24+/m0/s1. The number of Topliss-reactive ketones (excluding diaryl/α,β-unsaturated/α-hetero) is 1. The number of carbonyl (C=O) groups excluding carboxylic acids is 1. The van der Waals surface area contributed by atoms with Gasteiger partial charge >= 0.3 is 0 Å². The molecule has 9 atom stereocenters. The van der Waals surface area contributed by atoms with Crippen LogP contribution in [0.15, 0.2) is 0 Å². The molecule has 0 heterocycles. The van der Waals surface area contributed by atoms with Crippen LogP contribution in [0.3, 0.4) is 0 Å². The van der Waals surface area contributed by atoms with E-state index >= 15 is 0 Å². The van der Waals surface area contributed by atoms with Crippen molar-refractivity contribution in [1.82, 2.24) is 0 Å². The van der Waals surface area contributed by atoms with Gasteiger partial charge in [-0.15, -0.1) is 0 Å². The number of carbonyl (C=O) groups is 1. The minimum absolute atomic E-state index is 0.330.